The molecule has 8 heteroatoms. The van der Waals surface area contributed by atoms with E-state index in [2.05, 4.69) is 20.7 Å². The highest BCUT2D eigenvalue weighted by atomic mass is 16.5. The number of amides is 1. The van der Waals surface area contributed by atoms with Crippen molar-refractivity contribution in [2.45, 2.75) is 6.92 Å². The fraction of sp³-hybridized carbons (Fsp3) is 0.190. The second-order valence-corrected chi connectivity index (χ2v) is 5.94. The standard InChI is InChI=1S/C21H22N4O4/c1-4-29-16-8-5-14(6-9-16)13-22-25-21(26)18-12-17(23-24-18)15-7-10-19(27-2)20(11-15)28-3/h5-13H,4H2,1-3H3,(H,23,24)(H,25,26). The van der Waals surface area contributed by atoms with E-state index in [1.165, 1.54) is 0 Å². The molecule has 3 rings (SSSR count). The maximum absolute atomic E-state index is 12.3. The Morgan fingerprint density at radius 3 is 2.55 bits per heavy atom. The predicted molar refractivity (Wildman–Crippen MR) is 110 cm³/mol. The molecular formula is C21H22N4O4. The first-order chi connectivity index (χ1) is 14.1. The molecule has 0 saturated carbocycles. The van der Waals surface area contributed by atoms with Crippen LogP contribution in [0.5, 0.6) is 17.2 Å². The highest BCUT2D eigenvalue weighted by molar-refractivity contribution is 5.94. The second-order valence-electron chi connectivity index (χ2n) is 5.94. The zero-order valence-electron chi connectivity index (χ0n) is 16.4. The highest BCUT2D eigenvalue weighted by Crippen LogP contribution is 2.31. The predicted octanol–water partition coefficient (Wildman–Crippen LogP) is 3.26. The van der Waals surface area contributed by atoms with Crippen LogP contribution in [0, 0.1) is 0 Å². The topological polar surface area (TPSA) is 97.8 Å². The third-order valence-corrected chi connectivity index (χ3v) is 4.07. The SMILES string of the molecule is CCOc1ccc(C=NNC(=O)c2cc(-c3ccc(OC)c(OC)c3)n[nH]2)cc1. The summed E-state index contributed by atoms with van der Waals surface area (Å²) in [6.45, 7) is 2.54. The van der Waals surface area contributed by atoms with Crippen molar-refractivity contribution < 1.29 is 19.0 Å². The summed E-state index contributed by atoms with van der Waals surface area (Å²) in [5.74, 6) is 1.59. The zero-order chi connectivity index (χ0) is 20.6. The van der Waals surface area contributed by atoms with Gasteiger partial charge in [0.2, 0.25) is 0 Å². The van der Waals surface area contributed by atoms with Gasteiger partial charge in [0.1, 0.15) is 11.4 Å². The lowest BCUT2D eigenvalue weighted by molar-refractivity contribution is 0.0950. The average Bonchev–Trinajstić information content (AvgIpc) is 3.25. The van der Waals surface area contributed by atoms with Gasteiger partial charge in [-0.2, -0.15) is 10.2 Å². The molecule has 1 heterocycles. The minimum absolute atomic E-state index is 0.290. The lowest BCUT2D eigenvalue weighted by Crippen LogP contribution is -2.17. The number of H-pyrrole nitrogens is 1. The van der Waals surface area contributed by atoms with Gasteiger partial charge in [-0.15, -0.1) is 0 Å². The van der Waals surface area contributed by atoms with Crippen molar-refractivity contribution >= 4 is 12.1 Å². The Morgan fingerprint density at radius 2 is 1.86 bits per heavy atom. The first kappa shape index (κ1) is 19.9. The highest BCUT2D eigenvalue weighted by Gasteiger charge is 2.12. The van der Waals surface area contributed by atoms with E-state index in [9.17, 15) is 4.79 Å². The van der Waals surface area contributed by atoms with Gasteiger partial charge in [0.25, 0.3) is 5.91 Å². The Morgan fingerprint density at radius 1 is 1.10 bits per heavy atom. The molecule has 0 aliphatic rings. The van der Waals surface area contributed by atoms with Crippen molar-refractivity contribution in [1.29, 1.82) is 0 Å². The molecule has 0 atom stereocenters. The largest absolute Gasteiger partial charge is 0.494 e. The fourth-order valence-corrected chi connectivity index (χ4v) is 2.62. The van der Waals surface area contributed by atoms with Gasteiger partial charge in [0.15, 0.2) is 11.5 Å². The monoisotopic (exact) mass is 394 g/mol. The van der Waals surface area contributed by atoms with Gasteiger partial charge in [-0.1, -0.05) is 0 Å². The molecule has 0 aliphatic heterocycles. The Kier molecular flexibility index (Phi) is 6.47. The number of hydrazone groups is 1. The molecule has 2 aromatic carbocycles. The molecule has 1 amide bonds. The van der Waals surface area contributed by atoms with Crippen LogP contribution >= 0.6 is 0 Å². The quantitative estimate of drug-likeness (QED) is 0.451. The smallest absolute Gasteiger partial charge is 0.289 e. The van der Waals surface area contributed by atoms with Crippen LogP contribution in [0.3, 0.4) is 0 Å². The average molecular weight is 394 g/mol. The van der Waals surface area contributed by atoms with Crippen LogP contribution in [-0.2, 0) is 0 Å². The van der Waals surface area contributed by atoms with Crippen molar-refractivity contribution in [2.24, 2.45) is 5.10 Å². The Hall–Kier alpha value is -3.81. The van der Waals surface area contributed by atoms with E-state index in [-0.39, 0.29) is 0 Å². The number of carbonyl (C=O) groups is 1. The van der Waals surface area contributed by atoms with Crippen LogP contribution < -0.4 is 19.6 Å². The number of ether oxygens (including phenoxy) is 3. The first-order valence-corrected chi connectivity index (χ1v) is 8.98. The molecule has 0 aliphatic carbocycles. The van der Waals surface area contributed by atoms with Crippen molar-refractivity contribution in [3.63, 3.8) is 0 Å². The number of methoxy groups -OCH3 is 2. The molecule has 2 N–H and O–H groups in total. The van der Waals surface area contributed by atoms with Gasteiger partial charge in [0, 0.05) is 5.56 Å². The lowest BCUT2D eigenvalue weighted by Gasteiger charge is -2.08. The maximum atomic E-state index is 12.3. The van der Waals surface area contributed by atoms with Gasteiger partial charge in [-0.05, 0) is 61.0 Å². The molecule has 0 saturated heterocycles. The molecule has 0 spiro atoms. The van der Waals surface area contributed by atoms with Crippen molar-refractivity contribution in [1.82, 2.24) is 15.6 Å². The number of aromatic nitrogens is 2. The molecule has 3 aromatic rings. The van der Waals surface area contributed by atoms with Crippen LogP contribution in [-0.4, -0.2) is 43.1 Å². The number of hydrogen-bond donors (Lipinski definition) is 2. The zero-order valence-corrected chi connectivity index (χ0v) is 16.4. The first-order valence-electron chi connectivity index (χ1n) is 8.98. The van der Waals surface area contributed by atoms with Crippen LogP contribution in [0.1, 0.15) is 23.0 Å². The van der Waals surface area contributed by atoms with E-state index in [1.807, 2.05) is 37.3 Å². The summed E-state index contributed by atoms with van der Waals surface area (Å²) in [6.07, 6.45) is 1.55. The molecule has 0 unspecified atom stereocenters. The number of hydrogen-bond acceptors (Lipinski definition) is 6. The van der Waals surface area contributed by atoms with Crippen molar-refractivity contribution in [2.75, 3.05) is 20.8 Å². The van der Waals surface area contributed by atoms with Crippen LogP contribution in [0.25, 0.3) is 11.3 Å². The number of aromatic amines is 1. The fourth-order valence-electron chi connectivity index (χ4n) is 2.62. The molecule has 8 nitrogen and oxygen atoms in total. The molecule has 29 heavy (non-hydrogen) atoms. The van der Waals surface area contributed by atoms with Crippen molar-refractivity contribution in [3.05, 3.63) is 59.8 Å². The molecule has 0 bridgehead atoms. The summed E-state index contributed by atoms with van der Waals surface area (Å²) in [6, 6.07) is 14.4. The Labute approximate surface area is 168 Å². The number of carbonyl (C=O) groups excluding carboxylic acids is 1. The van der Waals surface area contributed by atoms with Crippen LogP contribution in [0.2, 0.25) is 0 Å². The van der Waals surface area contributed by atoms with Crippen LogP contribution in [0.15, 0.2) is 53.6 Å². The summed E-state index contributed by atoms with van der Waals surface area (Å²) in [5, 5.41) is 10.9. The normalized spacial score (nSPS) is 10.7. The summed E-state index contributed by atoms with van der Waals surface area (Å²) >= 11 is 0. The van der Waals surface area contributed by atoms with Crippen molar-refractivity contribution in [3.8, 4) is 28.5 Å². The van der Waals surface area contributed by atoms with E-state index >= 15 is 0 Å². The third kappa shape index (κ3) is 4.92. The minimum Gasteiger partial charge on any atom is -0.494 e. The Bertz CT molecular complexity index is 996. The van der Waals surface area contributed by atoms with E-state index < -0.39 is 5.91 Å². The summed E-state index contributed by atoms with van der Waals surface area (Å²) in [4.78, 5) is 12.3. The van der Waals surface area contributed by atoms with Gasteiger partial charge in [-0.25, -0.2) is 5.43 Å². The molecule has 150 valence electrons. The lowest BCUT2D eigenvalue weighted by atomic mass is 10.1. The van der Waals surface area contributed by atoms with Gasteiger partial charge < -0.3 is 14.2 Å². The van der Waals surface area contributed by atoms with E-state index in [4.69, 9.17) is 14.2 Å². The number of rotatable bonds is 8. The molecule has 0 radical (unpaired) electrons. The minimum atomic E-state index is -0.397. The molecule has 1 aromatic heterocycles. The molecule has 0 fully saturated rings. The maximum Gasteiger partial charge on any atom is 0.289 e. The Balaban J connectivity index is 1.65. The van der Waals surface area contributed by atoms with E-state index in [1.54, 1.807) is 38.6 Å². The summed E-state index contributed by atoms with van der Waals surface area (Å²) in [7, 11) is 3.13. The second kappa shape index (κ2) is 9.41. The van der Waals surface area contributed by atoms with Gasteiger partial charge in [0.05, 0.1) is 32.7 Å². The third-order valence-electron chi connectivity index (χ3n) is 4.07. The summed E-state index contributed by atoms with van der Waals surface area (Å²) < 4.78 is 15.9. The number of nitrogens with one attached hydrogen (secondary N) is 2. The number of benzene rings is 2. The van der Waals surface area contributed by atoms with E-state index in [0.717, 1.165) is 16.9 Å². The molecular weight excluding hydrogens is 372 g/mol. The van der Waals surface area contributed by atoms with Gasteiger partial charge >= 0.3 is 0 Å². The van der Waals surface area contributed by atoms with E-state index in [0.29, 0.717) is 29.5 Å². The summed E-state index contributed by atoms with van der Waals surface area (Å²) in [5.41, 5.74) is 5.00. The number of nitrogens with zero attached hydrogens (tertiary/aromatic N) is 2. The van der Waals surface area contributed by atoms with Gasteiger partial charge in [-0.3, -0.25) is 9.89 Å². The van der Waals surface area contributed by atoms with Crippen LogP contribution in [0.4, 0.5) is 0 Å².